The number of nitrogen functional groups attached to an aromatic ring is 1. The minimum Gasteiger partial charge on any atom is -0.444 e. The monoisotopic (exact) mass is 470 g/mol. The number of nitrogens with zero attached hydrogens (tertiary/aromatic N) is 1. The van der Waals surface area contributed by atoms with Gasteiger partial charge in [0.25, 0.3) is 0 Å². The van der Waals surface area contributed by atoms with Crippen molar-refractivity contribution in [2.24, 2.45) is 5.34 Å². The van der Waals surface area contributed by atoms with Crippen LogP contribution in [0.2, 0.25) is 0 Å². The molecule has 2 aliphatic carbocycles. The van der Waals surface area contributed by atoms with Gasteiger partial charge >= 0.3 is 29.6 Å². The molecule has 0 unspecified atom stereocenters. The Labute approximate surface area is 189 Å². The predicted octanol–water partition coefficient (Wildman–Crippen LogP) is 3.28. The first-order valence-corrected chi connectivity index (χ1v) is 8.91. The number of rotatable bonds is 2. The zero-order valence-corrected chi connectivity index (χ0v) is 18.6. The second-order valence-corrected chi connectivity index (χ2v) is 7.16. The normalized spacial score (nSPS) is 14.6. The summed E-state index contributed by atoms with van der Waals surface area (Å²) in [6, 6.07) is 4.76. The quantitative estimate of drug-likeness (QED) is 0.182. The van der Waals surface area contributed by atoms with Crippen LogP contribution in [-0.2, 0) is 0 Å². The van der Waals surface area contributed by atoms with Gasteiger partial charge in [0, 0.05) is 12.1 Å². The predicted molar refractivity (Wildman–Crippen MR) is 97.9 cm³/mol. The fourth-order valence-electron chi connectivity index (χ4n) is 2.54. The summed E-state index contributed by atoms with van der Waals surface area (Å²) in [6.07, 6.45) is 4.02. The van der Waals surface area contributed by atoms with E-state index in [1.807, 2.05) is 0 Å². The van der Waals surface area contributed by atoms with E-state index in [-0.39, 0.29) is 41.2 Å². The van der Waals surface area contributed by atoms with E-state index in [1.54, 1.807) is 6.07 Å². The largest absolute Gasteiger partial charge is 1.00 e. The SMILES string of the molecule is Fc1cc(F)c(C2CC2)cc1Br.Nc1cc(C2CC2)c(F)cc1F.O=N[O-].[Na+]. The molecule has 28 heavy (non-hydrogen) atoms. The van der Waals surface area contributed by atoms with Crippen LogP contribution in [0.4, 0.5) is 23.2 Å². The maximum Gasteiger partial charge on any atom is 1.00 e. The summed E-state index contributed by atoms with van der Waals surface area (Å²) in [5.74, 6) is -1.49. The molecule has 2 fully saturated rings. The van der Waals surface area contributed by atoms with Crippen LogP contribution in [-0.4, -0.2) is 0 Å². The third-order valence-electron chi connectivity index (χ3n) is 4.19. The van der Waals surface area contributed by atoms with Crippen LogP contribution < -0.4 is 35.3 Å². The van der Waals surface area contributed by atoms with Crippen LogP contribution in [0.15, 0.2) is 34.1 Å². The molecule has 4 nitrogen and oxygen atoms in total. The van der Waals surface area contributed by atoms with Gasteiger partial charge in [0.05, 0.1) is 10.2 Å². The molecule has 0 aliphatic heterocycles. The Morgan fingerprint density at radius 1 is 0.857 bits per heavy atom. The van der Waals surface area contributed by atoms with Crippen molar-refractivity contribution in [3.05, 3.63) is 73.2 Å². The van der Waals surface area contributed by atoms with E-state index >= 15 is 0 Å². The van der Waals surface area contributed by atoms with E-state index in [0.29, 0.717) is 21.5 Å². The van der Waals surface area contributed by atoms with Crippen molar-refractivity contribution < 1.29 is 47.1 Å². The van der Waals surface area contributed by atoms with Crippen LogP contribution >= 0.6 is 15.9 Å². The van der Waals surface area contributed by atoms with Gasteiger partial charge in [-0.3, -0.25) is 0 Å². The van der Waals surface area contributed by atoms with Crippen LogP contribution in [0.5, 0.6) is 0 Å². The summed E-state index contributed by atoms with van der Waals surface area (Å²) in [4.78, 5) is 8.00. The molecule has 0 saturated heterocycles. The fraction of sp³-hybridized carbons (Fsp3) is 0.333. The van der Waals surface area contributed by atoms with Crippen molar-refractivity contribution >= 4 is 21.6 Å². The van der Waals surface area contributed by atoms with Gasteiger partial charge in [-0.15, -0.1) is 5.34 Å². The number of hydrogen-bond acceptors (Lipinski definition) is 4. The molecule has 4 rings (SSSR count). The van der Waals surface area contributed by atoms with Crippen LogP contribution in [0.3, 0.4) is 0 Å². The molecule has 0 heterocycles. The van der Waals surface area contributed by atoms with Gasteiger partial charge < -0.3 is 15.8 Å². The Bertz CT molecular complexity index is 768. The maximum atomic E-state index is 13.1. The molecule has 2 aromatic carbocycles. The van der Waals surface area contributed by atoms with Gasteiger partial charge in [-0.05, 0) is 76.7 Å². The Balaban J connectivity index is 0.000000239. The van der Waals surface area contributed by atoms with Crippen molar-refractivity contribution in [1.82, 2.24) is 0 Å². The van der Waals surface area contributed by atoms with Crippen molar-refractivity contribution in [3.63, 3.8) is 0 Å². The molecule has 0 spiro atoms. The van der Waals surface area contributed by atoms with E-state index in [0.717, 1.165) is 43.2 Å². The fourth-order valence-corrected chi connectivity index (χ4v) is 2.90. The van der Waals surface area contributed by atoms with Gasteiger partial charge in [-0.25, -0.2) is 17.6 Å². The Morgan fingerprint density at radius 2 is 1.25 bits per heavy atom. The number of hydrogen-bond donors (Lipinski definition) is 1. The summed E-state index contributed by atoms with van der Waals surface area (Å²) in [7, 11) is 0. The van der Waals surface area contributed by atoms with Crippen LogP contribution in [0.1, 0.15) is 48.6 Å². The zero-order valence-electron chi connectivity index (χ0n) is 15.0. The first kappa shape index (κ1) is 24.9. The van der Waals surface area contributed by atoms with E-state index < -0.39 is 23.3 Å². The van der Waals surface area contributed by atoms with E-state index in [2.05, 4.69) is 15.9 Å². The minimum absolute atomic E-state index is 0. The third-order valence-corrected chi connectivity index (χ3v) is 4.80. The van der Waals surface area contributed by atoms with Gasteiger partial charge in [-0.2, -0.15) is 0 Å². The number of halogens is 5. The summed E-state index contributed by atoms with van der Waals surface area (Å²) in [5, 5.41) is 9.00. The van der Waals surface area contributed by atoms with Gasteiger partial charge in [0.2, 0.25) is 0 Å². The molecule has 0 aromatic heterocycles. The van der Waals surface area contributed by atoms with Gasteiger partial charge in [0.15, 0.2) is 0 Å². The molecule has 0 amide bonds. The second-order valence-electron chi connectivity index (χ2n) is 6.31. The average molecular weight is 471 g/mol. The van der Waals surface area contributed by atoms with Gasteiger partial charge in [0.1, 0.15) is 23.3 Å². The van der Waals surface area contributed by atoms with E-state index in [1.165, 1.54) is 6.07 Å². The summed E-state index contributed by atoms with van der Waals surface area (Å²) < 4.78 is 51.9. The number of benzene rings is 2. The second kappa shape index (κ2) is 11.1. The van der Waals surface area contributed by atoms with Crippen molar-refractivity contribution in [2.45, 2.75) is 37.5 Å². The standard InChI is InChI=1S/C9H7BrF2.C9H9F2N.HNO2.Na/c10-7-3-6(5-1-2-5)8(11)4-9(7)12;10-7-4-8(11)9(12)3-6(7)5-1-2-5;2-1-3;/h3-5H,1-2H2;3-5H,1-2,12H2;(H,2,3);/q;;;+1/p-1. The molecule has 0 bridgehead atoms. The van der Waals surface area contributed by atoms with E-state index in [9.17, 15) is 17.6 Å². The molecule has 0 radical (unpaired) electrons. The first-order chi connectivity index (χ1) is 12.8. The average Bonchev–Trinajstić information content (AvgIpc) is 3.47. The smallest absolute Gasteiger partial charge is 0.444 e. The summed E-state index contributed by atoms with van der Waals surface area (Å²) in [6.45, 7) is 0. The Kier molecular flexibility index (Phi) is 9.89. The summed E-state index contributed by atoms with van der Waals surface area (Å²) >= 11 is 3.03. The van der Waals surface area contributed by atoms with E-state index in [4.69, 9.17) is 15.8 Å². The molecule has 10 heteroatoms. The molecule has 2 aromatic rings. The van der Waals surface area contributed by atoms with Crippen LogP contribution in [0, 0.1) is 33.4 Å². The summed E-state index contributed by atoms with van der Waals surface area (Å²) in [5.41, 5.74) is 6.56. The molecule has 2 aliphatic rings. The molecular weight excluding hydrogens is 455 g/mol. The van der Waals surface area contributed by atoms with Crippen molar-refractivity contribution in [1.29, 1.82) is 0 Å². The minimum atomic E-state index is -0.670. The van der Waals surface area contributed by atoms with Crippen LogP contribution in [0.25, 0.3) is 0 Å². The number of nitrogens with two attached hydrogens (primary N) is 1. The topological polar surface area (TPSA) is 78.5 Å². The maximum absolute atomic E-state index is 13.1. The molecule has 2 N–H and O–H groups in total. The molecule has 2 saturated carbocycles. The zero-order chi connectivity index (χ0) is 20.1. The molecular formula is C18H16BrF4N2NaO2. The third kappa shape index (κ3) is 7.02. The first-order valence-electron chi connectivity index (χ1n) is 8.12. The molecule has 0 atom stereocenters. The number of anilines is 1. The van der Waals surface area contributed by atoms with Crippen molar-refractivity contribution in [3.8, 4) is 0 Å². The van der Waals surface area contributed by atoms with Gasteiger partial charge in [-0.1, -0.05) is 0 Å². The van der Waals surface area contributed by atoms with Crippen molar-refractivity contribution in [2.75, 3.05) is 5.73 Å². The Hall–Kier alpha value is -1.16. The molecule has 146 valence electrons. The Morgan fingerprint density at radius 3 is 1.68 bits per heavy atom.